The second-order valence-corrected chi connectivity index (χ2v) is 3.91. The zero-order valence-corrected chi connectivity index (χ0v) is 7.95. The number of nitrogens with zero attached hydrogens (tertiary/aromatic N) is 1. The number of hydrogen-bond acceptors (Lipinski definition) is 3. The molecule has 0 aliphatic carbocycles. The van der Waals surface area contributed by atoms with Gasteiger partial charge < -0.3 is 14.8 Å². The summed E-state index contributed by atoms with van der Waals surface area (Å²) in [7, 11) is 0. The van der Waals surface area contributed by atoms with Gasteiger partial charge in [0.1, 0.15) is 0 Å². The molecule has 0 bridgehead atoms. The molecule has 4 nitrogen and oxygen atoms in total. The lowest BCUT2D eigenvalue weighted by Crippen LogP contribution is -2.34. The van der Waals surface area contributed by atoms with Crippen LogP contribution >= 0.6 is 0 Å². The minimum Gasteiger partial charge on any atom is -0.550 e. The molecule has 0 saturated carbocycles. The van der Waals surface area contributed by atoms with Gasteiger partial charge in [-0.15, -0.1) is 0 Å². The van der Waals surface area contributed by atoms with E-state index in [1.54, 1.807) is 4.90 Å². The zero-order chi connectivity index (χ0) is 10.0. The van der Waals surface area contributed by atoms with Crippen molar-refractivity contribution < 1.29 is 14.7 Å². The maximum Gasteiger partial charge on any atom is 0.223 e. The summed E-state index contributed by atoms with van der Waals surface area (Å²) >= 11 is 0. The quantitative estimate of drug-likeness (QED) is 0.579. The summed E-state index contributed by atoms with van der Waals surface area (Å²) in [6, 6.07) is 0. The molecule has 1 amide bonds. The van der Waals surface area contributed by atoms with Crippen molar-refractivity contribution in [1.29, 1.82) is 0 Å². The van der Waals surface area contributed by atoms with Gasteiger partial charge in [-0.3, -0.25) is 4.79 Å². The van der Waals surface area contributed by atoms with E-state index in [0.717, 1.165) is 0 Å². The summed E-state index contributed by atoms with van der Waals surface area (Å²) < 4.78 is 0. The van der Waals surface area contributed by atoms with Crippen molar-refractivity contribution in [3.63, 3.8) is 0 Å². The number of carboxylic acid groups (broad SMARTS) is 1. The van der Waals surface area contributed by atoms with E-state index in [0.29, 0.717) is 19.0 Å². The Bertz CT molecular complexity index is 225. The molecule has 0 spiro atoms. The van der Waals surface area contributed by atoms with Crippen LogP contribution in [0.4, 0.5) is 0 Å². The summed E-state index contributed by atoms with van der Waals surface area (Å²) in [5.74, 6) is -1.40. The molecule has 0 aromatic heterocycles. The van der Waals surface area contributed by atoms with Crippen LogP contribution in [0.2, 0.25) is 0 Å². The highest BCUT2D eigenvalue weighted by Gasteiger charge is 2.30. The monoisotopic (exact) mass is 184 g/mol. The van der Waals surface area contributed by atoms with Crippen LogP contribution in [-0.2, 0) is 9.59 Å². The van der Waals surface area contributed by atoms with E-state index in [2.05, 4.69) is 0 Å². The Kier molecular flexibility index (Phi) is 2.90. The number of hydrogen-bond donors (Lipinski definition) is 0. The molecule has 4 heteroatoms. The molecule has 74 valence electrons. The second-order valence-electron chi connectivity index (χ2n) is 3.91. The van der Waals surface area contributed by atoms with E-state index in [1.165, 1.54) is 0 Å². The molecule has 1 heterocycles. The Morgan fingerprint density at radius 2 is 2.31 bits per heavy atom. The summed E-state index contributed by atoms with van der Waals surface area (Å²) in [6.07, 6.45) is 0.106. The zero-order valence-electron chi connectivity index (χ0n) is 7.95. The van der Waals surface area contributed by atoms with Crippen LogP contribution in [0, 0.1) is 11.8 Å². The fourth-order valence-electron chi connectivity index (χ4n) is 1.55. The molecule has 0 aromatic carbocycles. The predicted molar refractivity (Wildman–Crippen MR) is 44.5 cm³/mol. The van der Waals surface area contributed by atoms with E-state index in [1.807, 2.05) is 13.8 Å². The lowest BCUT2D eigenvalue weighted by Gasteiger charge is -2.18. The maximum absolute atomic E-state index is 11.3. The highest BCUT2D eigenvalue weighted by molar-refractivity contribution is 5.85. The molecule has 0 aromatic rings. The van der Waals surface area contributed by atoms with Crippen molar-refractivity contribution in [1.82, 2.24) is 4.90 Å². The normalized spacial score (nSPS) is 22.8. The number of likely N-dealkylation sites (tertiary alicyclic amines) is 1. The average molecular weight is 184 g/mol. The van der Waals surface area contributed by atoms with Crippen molar-refractivity contribution in [2.24, 2.45) is 11.8 Å². The average Bonchev–Trinajstić information content (AvgIpc) is 2.31. The molecule has 0 N–H and O–H groups in total. The minimum atomic E-state index is -1.11. The van der Waals surface area contributed by atoms with Gasteiger partial charge in [-0.1, -0.05) is 13.8 Å². The van der Waals surface area contributed by atoms with Gasteiger partial charge in [0.05, 0.1) is 0 Å². The Labute approximate surface area is 77.5 Å². The number of carbonyl (C=O) groups is 2. The molecule has 1 aliphatic heterocycles. The summed E-state index contributed by atoms with van der Waals surface area (Å²) in [4.78, 5) is 23.4. The van der Waals surface area contributed by atoms with Gasteiger partial charge in [0.25, 0.3) is 0 Å². The Balaban J connectivity index is 2.51. The molecule has 1 saturated heterocycles. The highest BCUT2D eigenvalue weighted by atomic mass is 16.4. The van der Waals surface area contributed by atoms with Gasteiger partial charge in [0.2, 0.25) is 5.91 Å². The van der Waals surface area contributed by atoms with Crippen LogP contribution in [0.3, 0.4) is 0 Å². The molecule has 1 fully saturated rings. The minimum absolute atomic E-state index is 0.0668. The Morgan fingerprint density at radius 3 is 2.69 bits per heavy atom. The van der Waals surface area contributed by atoms with Crippen molar-refractivity contribution in [2.75, 3.05) is 13.1 Å². The second kappa shape index (κ2) is 3.77. The van der Waals surface area contributed by atoms with E-state index >= 15 is 0 Å². The van der Waals surface area contributed by atoms with Gasteiger partial charge in [0.15, 0.2) is 0 Å². The van der Waals surface area contributed by atoms with Gasteiger partial charge in [-0.05, 0) is 5.92 Å². The molecule has 0 radical (unpaired) electrons. The molecule has 13 heavy (non-hydrogen) atoms. The van der Waals surface area contributed by atoms with E-state index in [4.69, 9.17) is 0 Å². The standard InChI is InChI=1S/C9H15NO3/c1-6(2)4-10-5-7(9(12)13)3-8(10)11/h6-7H,3-5H2,1-2H3,(H,12,13)/p-1/t7-/m1/s1. The van der Waals surface area contributed by atoms with Gasteiger partial charge >= 0.3 is 0 Å². The highest BCUT2D eigenvalue weighted by Crippen LogP contribution is 2.17. The molecular weight excluding hydrogens is 170 g/mol. The third-order valence-electron chi connectivity index (χ3n) is 2.13. The third kappa shape index (κ3) is 2.44. The number of rotatable bonds is 3. The smallest absolute Gasteiger partial charge is 0.223 e. The largest absolute Gasteiger partial charge is 0.550 e. The number of aliphatic carboxylic acids is 1. The van der Waals surface area contributed by atoms with Crippen LogP contribution in [0.1, 0.15) is 20.3 Å². The van der Waals surface area contributed by atoms with Crippen molar-refractivity contribution in [3.8, 4) is 0 Å². The van der Waals surface area contributed by atoms with Crippen LogP contribution in [-0.4, -0.2) is 29.9 Å². The fourth-order valence-corrected chi connectivity index (χ4v) is 1.55. The number of carboxylic acids is 1. The molecular formula is C9H14NO3-. The molecule has 1 atom stereocenters. The van der Waals surface area contributed by atoms with Gasteiger partial charge in [-0.25, -0.2) is 0 Å². The van der Waals surface area contributed by atoms with Crippen molar-refractivity contribution >= 4 is 11.9 Å². The first-order chi connectivity index (χ1) is 6.00. The SMILES string of the molecule is CC(C)CN1C[C@H](C(=O)[O-])CC1=O. The lowest BCUT2D eigenvalue weighted by atomic mass is 10.1. The van der Waals surface area contributed by atoms with Gasteiger partial charge in [-0.2, -0.15) is 0 Å². The molecule has 1 aliphatic rings. The molecule has 1 rings (SSSR count). The summed E-state index contributed by atoms with van der Waals surface area (Å²) in [5.41, 5.74) is 0. The lowest BCUT2D eigenvalue weighted by molar-refractivity contribution is -0.311. The van der Waals surface area contributed by atoms with Crippen LogP contribution < -0.4 is 5.11 Å². The topological polar surface area (TPSA) is 60.4 Å². The number of amides is 1. The fraction of sp³-hybridized carbons (Fsp3) is 0.778. The Morgan fingerprint density at radius 1 is 1.69 bits per heavy atom. The first-order valence-electron chi connectivity index (χ1n) is 4.49. The van der Waals surface area contributed by atoms with Crippen LogP contribution in [0.25, 0.3) is 0 Å². The van der Waals surface area contributed by atoms with Crippen molar-refractivity contribution in [2.45, 2.75) is 20.3 Å². The number of carbonyl (C=O) groups excluding carboxylic acids is 2. The third-order valence-corrected chi connectivity index (χ3v) is 2.13. The first-order valence-corrected chi connectivity index (χ1v) is 4.49. The summed E-state index contributed by atoms with van der Waals surface area (Å²) in [6.45, 7) is 4.96. The van der Waals surface area contributed by atoms with Crippen LogP contribution in [0.5, 0.6) is 0 Å². The van der Waals surface area contributed by atoms with E-state index in [9.17, 15) is 14.7 Å². The van der Waals surface area contributed by atoms with Crippen molar-refractivity contribution in [3.05, 3.63) is 0 Å². The summed E-state index contributed by atoms with van der Waals surface area (Å²) in [5, 5.41) is 10.5. The van der Waals surface area contributed by atoms with Gasteiger partial charge in [0, 0.05) is 31.4 Å². The van der Waals surface area contributed by atoms with E-state index < -0.39 is 11.9 Å². The maximum atomic E-state index is 11.3. The molecule has 0 unspecified atom stereocenters. The predicted octanol–water partition coefficient (Wildman–Crippen LogP) is -0.759. The van der Waals surface area contributed by atoms with Crippen LogP contribution in [0.15, 0.2) is 0 Å². The van der Waals surface area contributed by atoms with E-state index in [-0.39, 0.29) is 12.3 Å². The first kappa shape index (κ1) is 10.0. The Hall–Kier alpha value is -1.06.